The van der Waals surface area contributed by atoms with Crippen molar-refractivity contribution >= 4 is 5.91 Å². The molecule has 1 aliphatic heterocycles. The number of nitrogens with zero attached hydrogens (tertiary/aromatic N) is 1. The van der Waals surface area contributed by atoms with E-state index in [0.29, 0.717) is 0 Å². The maximum Gasteiger partial charge on any atom is 0.219 e. The number of carbonyl (C=O) groups is 1. The van der Waals surface area contributed by atoms with Gasteiger partial charge in [0.15, 0.2) is 0 Å². The van der Waals surface area contributed by atoms with Gasteiger partial charge in [0.1, 0.15) is 5.75 Å². The van der Waals surface area contributed by atoms with E-state index < -0.39 is 0 Å². The molecule has 27 heavy (non-hydrogen) atoms. The van der Waals surface area contributed by atoms with Crippen LogP contribution in [0.15, 0.2) is 48.5 Å². The number of benzene rings is 2. The van der Waals surface area contributed by atoms with E-state index in [4.69, 9.17) is 4.74 Å². The predicted octanol–water partition coefficient (Wildman–Crippen LogP) is 3.72. The molecule has 0 aliphatic carbocycles. The van der Waals surface area contributed by atoms with Crippen molar-refractivity contribution in [3.8, 4) is 5.75 Å². The monoisotopic (exact) mass is 366 g/mol. The van der Waals surface area contributed by atoms with Crippen molar-refractivity contribution in [1.82, 2.24) is 10.2 Å². The molecule has 1 saturated heterocycles. The number of aryl methyl sites for hydroxylation is 1. The molecule has 2 aromatic carbocycles. The molecule has 2 atom stereocenters. The van der Waals surface area contributed by atoms with Crippen LogP contribution in [0, 0.1) is 6.92 Å². The molecular weight excluding hydrogens is 336 g/mol. The minimum atomic E-state index is 0.163. The van der Waals surface area contributed by atoms with E-state index in [9.17, 15) is 4.79 Å². The quantitative estimate of drug-likeness (QED) is 0.847. The second kappa shape index (κ2) is 9.05. The number of likely N-dealkylation sites (tertiary alicyclic amines) is 1. The Kier molecular flexibility index (Phi) is 6.51. The van der Waals surface area contributed by atoms with Gasteiger partial charge in [-0.2, -0.15) is 0 Å². The van der Waals surface area contributed by atoms with E-state index in [-0.39, 0.29) is 18.0 Å². The molecule has 0 unspecified atom stereocenters. The zero-order chi connectivity index (χ0) is 19.2. The third kappa shape index (κ3) is 4.89. The van der Waals surface area contributed by atoms with Crippen LogP contribution < -0.4 is 10.1 Å². The van der Waals surface area contributed by atoms with Crippen molar-refractivity contribution in [3.63, 3.8) is 0 Å². The van der Waals surface area contributed by atoms with Gasteiger partial charge < -0.3 is 15.0 Å². The Hall–Kier alpha value is -2.33. The lowest BCUT2D eigenvalue weighted by Gasteiger charge is -2.41. The van der Waals surface area contributed by atoms with Crippen LogP contribution >= 0.6 is 0 Å². The number of rotatable bonds is 6. The fraction of sp³-hybridized carbons (Fsp3) is 0.435. The Morgan fingerprint density at radius 2 is 2.04 bits per heavy atom. The Balaban J connectivity index is 1.77. The second-order valence-corrected chi connectivity index (χ2v) is 7.41. The van der Waals surface area contributed by atoms with E-state index in [2.05, 4.69) is 42.6 Å². The minimum Gasteiger partial charge on any atom is -0.496 e. The van der Waals surface area contributed by atoms with E-state index in [0.717, 1.165) is 43.7 Å². The third-order valence-electron chi connectivity index (χ3n) is 5.46. The van der Waals surface area contributed by atoms with Gasteiger partial charge in [-0.25, -0.2) is 0 Å². The molecule has 1 amide bonds. The standard InChI is InChI=1S/C23H30N2O2/c1-17-8-6-9-19(14-17)15-22-21(11-7-13-25(22)18(2)26)24-16-20-10-4-5-12-23(20)27-3/h4-6,8-10,12,14,21-22,24H,7,11,13,15-16H2,1-3H3/t21-,22-/m0/s1. The molecule has 1 fully saturated rings. The molecule has 4 heteroatoms. The normalized spacial score (nSPS) is 19.7. The van der Waals surface area contributed by atoms with Crippen LogP contribution in [-0.2, 0) is 17.8 Å². The number of nitrogens with one attached hydrogen (secondary N) is 1. The molecule has 1 aliphatic rings. The first-order valence-electron chi connectivity index (χ1n) is 9.76. The number of ether oxygens (including phenoxy) is 1. The summed E-state index contributed by atoms with van der Waals surface area (Å²) < 4.78 is 5.48. The average molecular weight is 367 g/mol. The fourth-order valence-corrected chi connectivity index (χ4v) is 4.11. The molecule has 0 saturated carbocycles. The first-order chi connectivity index (χ1) is 13.1. The van der Waals surface area contributed by atoms with Crippen LogP contribution in [0.2, 0.25) is 0 Å². The van der Waals surface area contributed by atoms with Crippen LogP contribution in [0.1, 0.15) is 36.5 Å². The van der Waals surface area contributed by atoms with Crippen LogP contribution in [0.25, 0.3) is 0 Å². The number of piperidine rings is 1. The molecule has 3 rings (SSSR count). The Morgan fingerprint density at radius 3 is 2.78 bits per heavy atom. The van der Waals surface area contributed by atoms with Gasteiger partial charge in [-0.05, 0) is 37.8 Å². The third-order valence-corrected chi connectivity index (χ3v) is 5.46. The molecule has 1 heterocycles. The van der Waals surface area contributed by atoms with Crippen molar-refractivity contribution in [1.29, 1.82) is 0 Å². The molecule has 1 N–H and O–H groups in total. The first kappa shape index (κ1) is 19.4. The average Bonchev–Trinajstić information content (AvgIpc) is 2.67. The van der Waals surface area contributed by atoms with Gasteiger partial charge in [0.05, 0.1) is 13.2 Å². The molecule has 0 radical (unpaired) electrons. The van der Waals surface area contributed by atoms with Crippen molar-refractivity contribution < 1.29 is 9.53 Å². The highest BCUT2D eigenvalue weighted by Crippen LogP contribution is 2.24. The van der Waals surface area contributed by atoms with Gasteiger partial charge in [-0.15, -0.1) is 0 Å². The van der Waals surface area contributed by atoms with Crippen LogP contribution in [0.4, 0.5) is 0 Å². The molecular formula is C23H30N2O2. The van der Waals surface area contributed by atoms with Crippen molar-refractivity contribution in [2.45, 2.75) is 51.7 Å². The van der Waals surface area contributed by atoms with Crippen molar-refractivity contribution in [2.24, 2.45) is 0 Å². The summed E-state index contributed by atoms with van der Waals surface area (Å²) in [5, 5.41) is 3.71. The van der Waals surface area contributed by atoms with Gasteiger partial charge in [-0.3, -0.25) is 4.79 Å². The number of para-hydroxylation sites is 1. The molecule has 0 spiro atoms. The van der Waals surface area contributed by atoms with E-state index in [1.54, 1.807) is 14.0 Å². The predicted molar refractivity (Wildman–Crippen MR) is 109 cm³/mol. The van der Waals surface area contributed by atoms with Gasteiger partial charge in [-0.1, -0.05) is 48.0 Å². The zero-order valence-corrected chi connectivity index (χ0v) is 16.6. The minimum absolute atomic E-state index is 0.163. The number of hydrogen-bond donors (Lipinski definition) is 1. The van der Waals surface area contributed by atoms with Gasteiger partial charge >= 0.3 is 0 Å². The van der Waals surface area contributed by atoms with Crippen LogP contribution in [0.5, 0.6) is 5.75 Å². The Bertz CT molecular complexity index is 774. The zero-order valence-electron chi connectivity index (χ0n) is 16.6. The lowest BCUT2D eigenvalue weighted by atomic mass is 9.90. The van der Waals surface area contributed by atoms with E-state index >= 15 is 0 Å². The highest BCUT2D eigenvalue weighted by Gasteiger charge is 2.32. The summed E-state index contributed by atoms with van der Waals surface area (Å²) in [4.78, 5) is 14.3. The van der Waals surface area contributed by atoms with Gasteiger partial charge in [0.2, 0.25) is 5.91 Å². The SMILES string of the molecule is COc1ccccc1CN[C@H]1CCCN(C(C)=O)[C@H]1Cc1cccc(C)c1. The molecule has 0 aromatic heterocycles. The smallest absolute Gasteiger partial charge is 0.219 e. The lowest BCUT2D eigenvalue weighted by Crippen LogP contribution is -2.56. The number of hydrogen-bond acceptors (Lipinski definition) is 3. The highest BCUT2D eigenvalue weighted by molar-refractivity contribution is 5.73. The summed E-state index contributed by atoms with van der Waals surface area (Å²) in [6.07, 6.45) is 2.99. The second-order valence-electron chi connectivity index (χ2n) is 7.41. The summed E-state index contributed by atoms with van der Waals surface area (Å²) >= 11 is 0. The summed E-state index contributed by atoms with van der Waals surface area (Å²) in [5.41, 5.74) is 3.70. The molecule has 4 nitrogen and oxygen atoms in total. The van der Waals surface area contributed by atoms with Gasteiger partial charge in [0.25, 0.3) is 0 Å². The van der Waals surface area contributed by atoms with Crippen LogP contribution in [-0.4, -0.2) is 36.5 Å². The van der Waals surface area contributed by atoms with E-state index in [1.165, 1.54) is 11.1 Å². The molecule has 0 bridgehead atoms. The van der Waals surface area contributed by atoms with Crippen LogP contribution in [0.3, 0.4) is 0 Å². The summed E-state index contributed by atoms with van der Waals surface area (Å²) in [5.74, 6) is 1.07. The largest absolute Gasteiger partial charge is 0.496 e. The Labute approximate surface area is 162 Å². The van der Waals surface area contributed by atoms with Gasteiger partial charge in [0, 0.05) is 31.6 Å². The molecule has 2 aromatic rings. The van der Waals surface area contributed by atoms with Crippen molar-refractivity contribution in [3.05, 3.63) is 65.2 Å². The Morgan fingerprint density at radius 1 is 1.22 bits per heavy atom. The topological polar surface area (TPSA) is 41.6 Å². The van der Waals surface area contributed by atoms with E-state index in [1.807, 2.05) is 23.1 Å². The highest BCUT2D eigenvalue weighted by atomic mass is 16.5. The number of carbonyl (C=O) groups excluding carboxylic acids is 1. The number of amides is 1. The lowest BCUT2D eigenvalue weighted by molar-refractivity contribution is -0.133. The maximum absolute atomic E-state index is 12.3. The maximum atomic E-state index is 12.3. The van der Waals surface area contributed by atoms with Crippen molar-refractivity contribution in [2.75, 3.05) is 13.7 Å². The summed E-state index contributed by atoms with van der Waals surface area (Å²) in [6, 6.07) is 17.2. The fourth-order valence-electron chi connectivity index (χ4n) is 4.11. The summed E-state index contributed by atoms with van der Waals surface area (Å²) in [7, 11) is 1.71. The first-order valence-corrected chi connectivity index (χ1v) is 9.76. The number of methoxy groups -OCH3 is 1. The summed E-state index contributed by atoms with van der Waals surface area (Å²) in [6.45, 7) is 5.39. The molecule has 144 valence electrons.